The van der Waals surface area contributed by atoms with Gasteiger partial charge in [-0.25, -0.2) is 4.39 Å². The van der Waals surface area contributed by atoms with E-state index >= 15 is 0 Å². The highest BCUT2D eigenvalue weighted by atomic mass is 19.1. The number of halogens is 1. The van der Waals surface area contributed by atoms with Crippen molar-refractivity contribution < 1.29 is 18.6 Å². The Labute approximate surface area is 163 Å². The highest BCUT2D eigenvalue weighted by molar-refractivity contribution is 5.81. The van der Waals surface area contributed by atoms with Gasteiger partial charge in [0, 0.05) is 36.9 Å². The Morgan fingerprint density at radius 1 is 1.11 bits per heavy atom. The molecular weight excluding hydrogens is 359 g/mol. The fourth-order valence-electron chi connectivity index (χ4n) is 4.57. The van der Waals surface area contributed by atoms with E-state index < -0.39 is 0 Å². The zero-order valence-corrected chi connectivity index (χ0v) is 15.7. The molecule has 5 nitrogen and oxygen atoms in total. The smallest absolute Gasteiger partial charge is 0.174 e. The number of hydrogen-bond donors (Lipinski definition) is 1. The van der Waals surface area contributed by atoms with Gasteiger partial charge in [0.2, 0.25) is 0 Å². The zero-order chi connectivity index (χ0) is 19.0. The summed E-state index contributed by atoms with van der Waals surface area (Å²) in [6.45, 7) is 5.49. The minimum absolute atomic E-state index is 0.226. The van der Waals surface area contributed by atoms with Gasteiger partial charge in [0.15, 0.2) is 5.75 Å². The van der Waals surface area contributed by atoms with E-state index in [1.165, 1.54) is 17.3 Å². The average Bonchev–Trinajstić information content (AvgIpc) is 3.14. The Morgan fingerprint density at radius 2 is 2.00 bits per heavy atom. The summed E-state index contributed by atoms with van der Waals surface area (Å²) in [7, 11) is 0. The number of piperazine rings is 1. The molecule has 1 N–H and O–H groups in total. The van der Waals surface area contributed by atoms with Gasteiger partial charge in [-0.3, -0.25) is 4.48 Å². The third-order valence-corrected chi connectivity index (χ3v) is 6.06. The first-order chi connectivity index (χ1) is 13.8. The molecule has 146 valence electrons. The van der Waals surface area contributed by atoms with Gasteiger partial charge in [-0.2, -0.15) is 4.89 Å². The highest BCUT2D eigenvalue weighted by Crippen LogP contribution is 2.37. The maximum atomic E-state index is 13.7. The van der Waals surface area contributed by atoms with Crippen molar-refractivity contribution in [2.45, 2.75) is 12.8 Å². The van der Waals surface area contributed by atoms with E-state index in [-0.39, 0.29) is 5.82 Å². The number of furan rings is 1. The minimum Gasteiger partial charge on any atom is -0.464 e. The monoisotopic (exact) mass is 383 g/mol. The Kier molecular flexibility index (Phi) is 4.55. The van der Waals surface area contributed by atoms with Crippen molar-refractivity contribution in [2.75, 3.05) is 39.3 Å². The molecule has 2 aliphatic rings. The molecule has 0 radical (unpaired) electrons. The zero-order valence-electron chi connectivity index (χ0n) is 15.7. The molecule has 1 fully saturated rings. The van der Waals surface area contributed by atoms with Crippen molar-refractivity contribution in [3.05, 3.63) is 59.6 Å². The molecule has 6 heteroatoms. The second-order valence-corrected chi connectivity index (χ2v) is 7.63. The van der Waals surface area contributed by atoms with Crippen molar-refractivity contribution in [1.29, 1.82) is 0 Å². The lowest BCUT2D eigenvalue weighted by Gasteiger charge is -2.42. The fourth-order valence-corrected chi connectivity index (χ4v) is 4.57. The van der Waals surface area contributed by atoms with Gasteiger partial charge in [0.1, 0.15) is 17.1 Å². The van der Waals surface area contributed by atoms with Gasteiger partial charge < -0.3 is 14.6 Å². The first kappa shape index (κ1) is 17.7. The number of hydrogen-bond acceptors (Lipinski definition) is 4. The fraction of sp³-hybridized carbons (Fsp3) is 0.364. The minimum atomic E-state index is -0.226. The van der Waals surface area contributed by atoms with E-state index in [2.05, 4.69) is 11.4 Å². The second-order valence-electron chi connectivity index (χ2n) is 7.63. The lowest BCUT2D eigenvalue weighted by Crippen LogP contribution is -2.61. The first-order valence-corrected chi connectivity index (χ1v) is 9.90. The number of rotatable bonds is 4. The summed E-state index contributed by atoms with van der Waals surface area (Å²) < 4.78 is 20.3. The van der Waals surface area contributed by atoms with Gasteiger partial charge in [-0.1, -0.05) is 6.07 Å². The van der Waals surface area contributed by atoms with Crippen molar-refractivity contribution >= 4 is 16.7 Å². The van der Waals surface area contributed by atoms with E-state index in [9.17, 15) is 4.39 Å². The van der Waals surface area contributed by atoms with Crippen LogP contribution in [0, 0.1) is 5.82 Å². The van der Waals surface area contributed by atoms with E-state index in [4.69, 9.17) is 14.2 Å². The summed E-state index contributed by atoms with van der Waals surface area (Å²) in [5.41, 5.74) is 4.38. The summed E-state index contributed by atoms with van der Waals surface area (Å²) in [5, 5.41) is 4.36. The molecule has 5 rings (SSSR count). The van der Waals surface area contributed by atoms with Gasteiger partial charge >= 0.3 is 0 Å². The molecule has 0 unspecified atom stereocenters. The van der Waals surface area contributed by atoms with Crippen LogP contribution in [0.2, 0.25) is 0 Å². The van der Waals surface area contributed by atoms with Crippen LogP contribution in [0.4, 0.5) is 10.1 Å². The van der Waals surface area contributed by atoms with E-state index in [1.807, 2.05) is 12.1 Å². The number of benzene rings is 2. The van der Waals surface area contributed by atoms with Crippen molar-refractivity contribution in [2.24, 2.45) is 0 Å². The lowest BCUT2D eigenvalue weighted by molar-refractivity contribution is -0.215. The number of nitrogens with one attached hydrogen (secondary N) is 1. The van der Waals surface area contributed by atoms with Crippen molar-refractivity contribution in [3.63, 3.8) is 0 Å². The molecule has 3 heterocycles. The standard InChI is InChI=1S/C22H24FN2O3/c23-17-4-5-21-19(14-17)16(15-26-21)6-10-25(11-8-24-9-12-25)20-2-1-3-22-18(20)7-13-27-28-22/h1-5,14-15,24H,6-13H2/q+1. The molecule has 1 saturated heterocycles. The molecule has 0 spiro atoms. The second kappa shape index (κ2) is 7.20. The van der Waals surface area contributed by atoms with E-state index in [0.717, 1.165) is 72.3 Å². The summed E-state index contributed by atoms with van der Waals surface area (Å²) >= 11 is 0. The van der Waals surface area contributed by atoms with E-state index in [0.29, 0.717) is 6.61 Å². The Balaban J connectivity index is 1.50. The van der Waals surface area contributed by atoms with Crippen LogP contribution in [-0.4, -0.2) is 39.3 Å². The predicted molar refractivity (Wildman–Crippen MR) is 106 cm³/mol. The van der Waals surface area contributed by atoms with E-state index in [1.54, 1.807) is 18.4 Å². The lowest BCUT2D eigenvalue weighted by atomic mass is 10.0. The molecule has 28 heavy (non-hydrogen) atoms. The van der Waals surface area contributed by atoms with Crippen LogP contribution in [0.1, 0.15) is 11.1 Å². The Bertz CT molecular complexity index is 995. The molecule has 3 aromatic rings. The van der Waals surface area contributed by atoms with Gasteiger partial charge in [-0.15, -0.1) is 0 Å². The van der Waals surface area contributed by atoms with Crippen molar-refractivity contribution in [3.8, 4) is 5.75 Å². The maximum absolute atomic E-state index is 13.7. The topological polar surface area (TPSA) is 43.6 Å². The van der Waals surface area contributed by atoms with Crippen LogP contribution in [0.15, 0.2) is 47.1 Å². The summed E-state index contributed by atoms with van der Waals surface area (Å²) in [6, 6.07) is 11.0. The van der Waals surface area contributed by atoms with Crippen LogP contribution in [0.3, 0.4) is 0 Å². The van der Waals surface area contributed by atoms with Crippen LogP contribution in [-0.2, 0) is 17.7 Å². The number of fused-ring (bicyclic) bond motifs is 2. The molecule has 0 amide bonds. The molecule has 0 saturated carbocycles. The summed E-state index contributed by atoms with van der Waals surface area (Å²) in [4.78, 5) is 10.6. The first-order valence-electron chi connectivity index (χ1n) is 9.90. The third kappa shape index (κ3) is 3.07. The quantitative estimate of drug-likeness (QED) is 0.552. The summed E-state index contributed by atoms with van der Waals surface area (Å²) in [6.07, 6.45) is 3.47. The molecule has 1 aromatic heterocycles. The molecule has 0 atom stereocenters. The highest BCUT2D eigenvalue weighted by Gasteiger charge is 2.36. The van der Waals surface area contributed by atoms with Gasteiger partial charge in [-0.05, 0) is 30.3 Å². The average molecular weight is 383 g/mol. The molecule has 2 aromatic carbocycles. The SMILES string of the molecule is Fc1ccc2occ(CC[N+]3(c4cccc5c4CCOO5)CCNCC3)c2c1. The largest absolute Gasteiger partial charge is 0.464 e. The third-order valence-electron chi connectivity index (χ3n) is 6.06. The molecule has 0 aliphatic carbocycles. The van der Waals surface area contributed by atoms with Crippen LogP contribution in [0.25, 0.3) is 11.0 Å². The van der Waals surface area contributed by atoms with Crippen LogP contribution < -0.4 is 14.7 Å². The Hall–Kier alpha value is -2.41. The molecule has 0 bridgehead atoms. The number of nitrogens with zero attached hydrogens (tertiary/aromatic N) is 1. The van der Waals surface area contributed by atoms with Crippen LogP contribution in [0.5, 0.6) is 5.75 Å². The Morgan fingerprint density at radius 3 is 2.89 bits per heavy atom. The van der Waals surface area contributed by atoms with Crippen LogP contribution >= 0.6 is 0 Å². The normalized spacial score (nSPS) is 18.6. The maximum Gasteiger partial charge on any atom is 0.174 e. The number of quaternary nitrogens is 1. The predicted octanol–water partition coefficient (Wildman–Crippen LogP) is 3.59. The van der Waals surface area contributed by atoms with Gasteiger partial charge in [0.05, 0.1) is 38.1 Å². The molecular formula is C22H24FN2O3+. The van der Waals surface area contributed by atoms with Gasteiger partial charge in [0.25, 0.3) is 0 Å². The van der Waals surface area contributed by atoms with Crippen molar-refractivity contribution in [1.82, 2.24) is 9.80 Å². The molecule has 2 aliphatic heterocycles. The summed E-state index contributed by atoms with van der Waals surface area (Å²) in [5.74, 6) is 0.603.